The number of hydrogen-bond acceptors (Lipinski definition) is 3. The second kappa shape index (κ2) is 3.14. The van der Waals surface area contributed by atoms with Crippen LogP contribution >= 0.6 is 0 Å². The Morgan fingerprint density at radius 2 is 1.77 bits per heavy atom. The average molecular weight is 181 g/mol. The van der Waals surface area contributed by atoms with Crippen LogP contribution in [0.2, 0.25) is 0 Å². The Morgan fingerprint density at radius 1 is 1.15 bits per heavy atom. The SMILES string of the molecule is O=C(O)c1[c]c(O)ccc1C(=O)O. The summed E-state index contributed by atoms with van der Waals surface area (Å²) in [6.07, 6.45) is 0. The van der Waals surface area contributed by atoms with Crippen molar-refractivity contribution in [2.24, 2.45) is 0 Å². The molecule has 13 heavy (non-hydrogen) atoms. The molecule has 0 heterocycles. The number of carboxylic acid groups (broad SMARTS) is 2. The monoisotopic (exact) mass is 181 g/mol. The van der Waals surface area contributed by atoms with E-state index in [1.165, 1.54) is 0 Å². The van der Waals surface area contributed by atoms with Crippen LogP contribution < -0.4 is 0 Å². The first-order valence-electron chi connectivity index (χ1n) is 3.24. The van der Waals surface area contributed by atoms with E-state index in [4.69, 9.17) is 15.3 Å². The zero-order chi connectivity index (χ0) is 10.0. The molecule has 0 saturated carbocycles. The minimum Gasteiger partial charge on any atom is -0.507 e. The molecule has 3 N–H and O–H groups in total. The van der Waals surface area contributed by atoms with Gasteiger partial charge < -0.3 is 15.3 Å². The molecule has 0 bridgehead atoms. The Labute approximate surface area is 72.9 Å². The molecular weight excluding hydrogens is 176 g/mol. The molecule has 5 heteroatoms. The first-order chi connectivity index (χ1) is 6.02. The smallest absolute Gasteiger partial charge is 0.337 e. The molecule has 0 aliphatic rings. The van der Waals surface area contributed by atoms with E-state index in [-0.39, 0.29) is 0 Å². The zero-order valence-corrected chi connectivity index (χ0v) is 6.31. The number of benzene rings is 1. The highest BCUT2D eigenvalue weighted by Crippen LogP contribution is 2.15. The van der Waals surface area contributed by atoms with Gasteiger partial charge in [-0.15, -0.1) is 0 Å². The number of hydrogen-bond donors (Lipinski definition) is 3. The predicted octanol–water partition coefficient (Wildman–Crippen LogP) is 0.589. The van der Waals surface area contributed by atoms with Gasteiger partial charge in [-0.05, 0) is 12.1 Å². The van der Waals surface area contributed by atoms with Gasteiger partial charge in [0.15, 0.2) is 0 Å². The van der Waals surface area contributed by atoms with Crippen LogP contribution in [0.25, 0.3) is 0 Å². The Balaban J connectivity index is 3.35. The summed E-state index contributed by atoms with van der Waals surface area (Å²) in [5.41, 5.74) is -0.946. The summed E-state index contributed by atoms with van der Waals surface area (Å²) in [5.74, 6) is -3.20. The standard InChI is InChI=1S/C8H5O5/c9-4-1-2-5(7(10)11)6(3-4)8(12)13/h1-2,9H,(H,10,11)(H,12,13). The van der Waals surface area contributed by atoms with E-state index in [1.54, 1.807) is 0 Å². The van der Waals surface area contributed by atoms with Gasteiger partial charge in [0.25, 0.3) is 0 Å². The maximum atomic E-state index is 10.5. The molecule has 1 aromatic rings. The molecule has 67 valence electrons. The lowest BCUT2D eigenvalue weighted by atomic mass is 10.1. The second-order valence-corrected chi connectivity index (χ2v) is 2.24. The lowest BCUT2D eigenvalue weighted by Gasteiger charge is -2.00. The highest BCUT2D eigenvalue weighted by Gasteiger charge is 2.16. The first-order valence-corrected chi connectivity index (χ1v) is 3.24. The van der Waals surface area contributed by atoms with Crippen molar-refractivity contribution in [1.29, 1.82) is 0 Å². The van der Waals surface area contributed by atoms with Gasteiger partial charge in [-0.2, -0.15) is 0 Å². The summed E-state index contributed by atoms with van der Waals surface area (Å²) in [5, 5.41) is 25.9. The van der Waals surface area contributed by atoms with Crippen LogP contribution in [0.1, 0.15) is 20.7 Å². The van der Waals surface area contributed by atoms with Gasteiger partial charge in [0.05, 0.1) is 11.1 Å². The Bertz CT molecular complexity index is 369. The van der Waals surface area contributed by atoms with E-state index < -0.39 is 28.8 Å². The average Bonchev–Trinajstić information content (AvgIpc) is 2.03. The normalized spacial score (nSPS) is 9.54. The molecule has 0 aliphatic carbocycles. The van der Waals surface area contributed by atoms with Gasteiger partial charge in [0.1, 0.15) is 5.75 Å². The maximum absolute atomic E-state index is 10.5. The highest BCUT2D eigenvalue weighted by molar-refractivity contribution is 6.01. The number of phenolic OH excluding ortho intramolecular Hbond substituents is 1. The summed E-state index contributed by atoms with van der Waals surface area (Å²) in [6, 6.07) is 4.11. The maximum Gasteiger partial charge on any atom is 0.337 e. The quantitative estimate of drug-likeness (QED) is 0.620. The highest BCUT2D eigenvalue weighted by atomic mass is 16.4. The van der Waals surface area contributed by atoms with E-state index in [0.29, 0.717) is 0 Å². The molecule has 0 amide bonds. The molecular formula is C8H5O5. The molecule has 1 aromatic carbocycles. The van der Waals surface area contributed by atoms with Crippen LogP contribution in [0.5, 0.6) is 5.75 Å². The van der Waals surface area contributed by atoms with E-state index in [0.717, 1.165) is 12.1 Å². The molecule has 0 fully saturated rings. The number of aromatic carboxylic acids is 2. The van der Waals surface area contributed by atoms with Gasteiger partial charge in [0, 0.05) is 6.07 Å². The van der Waals surface area contributed by atoms with Gasteiger partial charge in [-0.1, -0.05) is 0 Å². The van der Waals surface area contributed by atoms with Crippen molar-refractivity contribution in [2.45, 2.75) is 0 Å². The Kier molecular flexibility index (Phi) is 2.19. The minimum atomic E-state index is -1.44. The number of aromatic hydroxyl groups is 1. The third kappa shape index (κ3) is 1.76. The fourth-order valence-electron chi connectivity index (χ4n) is 0.830. The first kappa shape index (κ1) is 9.05. The Morgan fingerprint density at radius 3 is 2.23 bits per heavy atom. The van der Waals surface area contributed by atoms with Gasteiger partial charge >= 0.3 is 11.9 Å². The van der Waals surface area contributed by atoms with Crippen LogP contribution in [0, 0.1) is 6.07 Å². The third-order valence-electron chi connectivity index (χ3n) is 1.37. The third-order valence-corrected chi connectivity index (χ3v) is 1.37. The van der Waals surface area contributed by atoms with Crippen molar-refractivity contribution in [2.75, 3.05) is 0 Å². The van der Waals surface area contributed by atoms with Gasteiger partial charge in [0.2, 0.25) is 0 Å². The van der Waals surface area contributed by atoms with Crippen molar-refractivity contribution in [1.82, 2.24) is 0 Å². The zero-order valence-electron chi connectivity index (χ0n) is 6.31. The van der Waals surface area contributed by atoms with Crippen molar-refractivity contribution in [3.63, 3.8) is 0 Å². The van der Waals surface area contributed by atoms with Gasteiger partial charge in [-0.3, -0.25) is 0 Å². The Hall–Kier alpha value is -2.04. The summed E-state index contributed by atoms with van der Waals surface area (Å²) in [6.45, 7) is 0. The summed E-state index contributed by atoms with van der Waals surface area (Å²) >= 11 is 0. The molecule has 0 aliphatic heterocycles. The van der Waals surface area contributed by atoms with Crippen LogP contribution in [-0.4, -0.2) is 27.3 Å². The fourth-order valence-corrected chi connectivity index (χ4v) is 0.830. The predicted molar refractivity (Wildman–Crippen MR) is 40.9 cm³/mol. The summed E-state index contributed by atoms with van der Waals surface area (Å²) < 4.78 is 0. The number of phenols is 1. The van der Waals surface area contributed by atoms with Crippen LogP contribution in [0.15, 0.2) is 12.1 Å². The molecule has 0 spiro atoms. The molecule has 5 nitrogen and oxygen atoms in total. The molecule has 0 aromatic heterocycles. The van der Waals surface area contributed by atoms with E-state index >= 15 is 0 Å². The summed E-state index contributed by atoms with van der Waals surface area (Å²) in [7, 11) is 0. The summed E-state index contributed by atoms with van der Waals surface area (Å²) in [4.78, 5) is 20.9. The second-order valence-electron chi connectivity index (χ2n) is 2.24. The van der Waals surface area contributed by atoms with Crippen LogP contribution in [0.4, 0.5) is 0 Å². The number of carboxylic acids is 2. The molecule has 1 radical (unpaired) electrons. The lowest BCUT2D eigenvalue weighted by molar-refractivity contribution is 0.0651. The number of rotatable bonds is 2. The molecule has 0 unspecified atom stereocenters. The van der Waals surface area contributed by atoms with Crippen molar-refractivity contribution >= 4 is 11.9 Å². The van der Waals surface area contributed by atoms with Crippen molar-refractivity contribution < 1.29 is 24.9 Å². The van der Waals surface area contributed by atoms with Crippen molar-refractivity contribution in [3.05, 3.63) is 29.3 Å². The van der Waals surface area contributed by atoms with Crippen molar-refractivity contribution in [3.8, 4) is 5.75 Å². The minimum absolute atomic E-state index is 0.398. The largest absolute Gasteiger partial charge is 0.507 e. The van der Waals surface area contributed by atoms with Crippen LogP contribution in [0.3, 0.4) is 0 Å². The molecule has 0 saturated heterocycles. The topological polar surface area (TPSA) is 94.8 Å². The van der Waals surface area contributed by atoms with E-state index in [9.17, 15) is 9.59 Å². The van der Waals surface area contributed by atoms with E-state index in [1.807, 2.05) is 6.07 Å². The lowest BCUT2D eigenvalue weighted by Crippen LogP contribution is -2.07. The molecule has 0 atom stereocenters. The number of carbonyl (C=O) groups is 2. The van der Waals surface area contributed by atoms with E-state index in [2.05, 4.69) is 0 Å². The fraction of sp³-hybridized carbons (Fsp3) is 0. The van der Waals surface area contributed by atoms with Gasteiger partial charge in [-0.25, -0.2) is 9.59 Å². The molecule has 1 rings (SSSR count). The van der Waals surface area contributed by atoms with Crippen LogP contribution in [-0.2, 0) is 0 Å².